The molecule has 0 aliphatic carbocycles. The number of likely N-dealkylation sites (tertiary alicyclic amines) is 1. The molecule has 0 bridgehead atoms. The Hall–Kier alpha value is -0.650. The maximum atomic E-state index is 10.4. The molecule has 3 atom stereocenters. The Morgan fingerprint density at radius 2 is 2.29 bits per heavy atom. The summed E-state index contributed by atoms with van der Waals surface area (Å²) in [5, 5.41) is 8.58. The van der Waals surface area contributed by atoms with Crippen LogP contribution >= 0.6 is 0 Å². The number of nitrogens with zero attached hydrogens (tertiary/aromatic N) is 1. The molecule has 5 nitrogen and oxygen atoms in total. The van der Waals surface area contributed by atoms with Gasteiger partial charge in [-0.2, -0.15) is 0 Å². The summed E-state index contributed by atoms with van der Waals surface area (Å²) in [4.78, 5) is 12.6. The first-order chi connectivity index (χ1) is 6.50. The van der Waals surface area contributed by atoms with Gasteiger partial charge in [-0.15, -0.1) is 0 Å². The van der Waals surface area contributed by atoms with E-state index in [1.54, 1.807) is 0 Å². The van der Waals surface area contributed by atoms with E-state index in [0.717, 1.165) is 19.5 Å². The second-order valence-corrected chi connectivity index (χ2v) is 4.15. The van der Waals surface area contributed by atoms with Gasteiger partial charge in [-0.3, -0.25) is 4.79 Å². The summed E-state index contributed by atoms with van der Waals surface area (Å²) in [7, 11) is 2.04. The lowest BCUT2D eigenvalue weighted by Crippen LogP contribution is -2.48. The minimum absolute atomic E-state index is 0.0403. The molecule has 1 heterocycles. The van der Waals surface area contributed by atoms with Gasteiger partial charge in [-0.25, -0.2) is 0 Å². The van der Waals surface area contributed by atoms with Crippen molar-refractivity contribution in [3.8, 4) is 0 Å². The Kier molecular flexibility index (Phi) is 3.86. The van der Waals surface area contributed by atoms with Crippen LogP contribution in [0.3, 0.4) is 0 Å². The van der Waals surface area contributed by atoms with E-state index in [9.17, 15) is 4.79 Å². The molecule has 1 fully saturated rings. The van der Waals surface area contributed by atoms with Gasteiger partial charge < -0.3 is 21.5 Å². The highest BCUT2D eigenvalue weighted by Crippen LogP contribution is 2.19. The third kappa shape index (κ3) is 2.94. The zero-order chi connectivity index (χ0) is 10.7. The summed E-state index contributed by atoms with van der Waals surface area (Å²) in [6.45, 7) is 1.95. The third-order valence-electron chi connectivity index (χ3n) is 2.88. The van der Waals surface area contributed by atoms with E-state index >= 15 is 0 Å². The molecule has 82 valence electrons. The lowest BCUT2D eigenvalue weighted by atomic mass is 9.92. The van der Waals surface area contributed by atoms with Crippen molar-refractivity contribution < 1.29 is 9.90 Å². The van der Waals surface area contributed by atoms with Crippen LogP contribution in [0.2, 0.25) is 0 Å². The first-order valence-corrected chi connectivity index (χ1v) is 4.92. The molecule has 0 radical (unpaired) electrons. The van der Waals surface area contributed by atoms with Gasteiger partial charge in [-0.05, 0) is 25.9 Å². The molecule has 0 aromatic rings. The topological polar surface area (TPSA) is 92.6 Å². The van der Waals surface area contributed by atoms with Crippen LogP contribution in [0.5, 0.6) is 0 Å². The summed E-state index contributed by atoms with van der Waals surface area (Å²) in [6, 6.07) is -0.625. The quantitative estimate of drug-likeness (QED) is 0.546. The van der Waals surface area contributed by atoms with Crippen molar-refractivity contribution in [2.45, 2.75) is 24.9 Å². The predicted molar refractivity (Wildman–Crippen MR) is 53.8 cm³/mol. The van der Waals surface area contributed by atoms with Gasteiger partial charge in [0.2, 0.25) is 0 Å². The number of aliphatic carboxylic acids is 1. The molecule has 0 saturated carbocycles. The Labute approximate surface area is 84.0 Å². The lowest BCUT2D eigenvalue weighted by molar-refractivity contribution is -0.137. The van der Waals surface area contributed by atoms with Crippen molar-refractivity contribution in [2.24, 2.45) is 17.4 Å². The Bertz CT molecular complexity index is 210. The molecule has 5 N–H and O–H groups in total. The second kappa shape index (κ2) is 4.72. The number of hydrogen-bond donors (Lipinski definition) is 3. The standard InChI is InChI=1S/C9H19N3O2/c1-12-3-2-6(5-12)9(11)7(10)4-8(13)14/h6-7,9H,2-5,10-11H2,1H3,(H,13,14). The van der Waals surface area contributed by atoms with Gasteiger partial charge in [0.25, 0.3) is 0 Å². The average Bonchev–Trinajstić information content (AvgIpc) is 2.49. The molecule has 1 saturated heterocycles. The molecule has 3 unspecified atom stereocenters. The first kappa shape index (κ1) is 11.4. The highest BCUT2D eigenvalue weighted by atomic mass is 16.4. The van der Waals surface area contributed by atoms with Gasteiger partial charge in [0, 0.05) is 18.6 Å². The van der Waals surface area contributed by atoms with Crippen molar-refractivity contribution in [1.82, 2.24) is 4.90 Å². The molecule has 0 aromatic heterocycles. The van der Waals surface area contributed by atoms with E-state index in [0.29, 0.717) is 5.92 Å². The highest BCUT2D eigenvalue weighted by Gasteiger charge is 2.29. The number of carbonyl (C=O) groups is 1. The van der Waals surface area contributed by atoms with Gasteiger partial charge >= 0.3 is 5.97 Å². The van der Waals surface area contributed by atoms with Crippen LogP contribution in [0, 0.1) is 5.92 Å². The predicted octanol–water partition coefficient (Wildman–Crippen LogP) is -0.933. The van der Waals surface area contributed by atoms with Crippen molar-refractivity contribution >= 4 is 5.97 Å². The molecule has 1 aliphatic rings. The smallest absolute Gasteiger partial charge is 0.304 e. The molecule has 5 heteroatoms. The summed E-state index contributed by atoms with van der Waals surface area (Å²) >= 11 is 0. The zero-order valence-electron chi connectivity index (χ0n) is 8.52. The van der Waals surface area contributed by atoms with Gasteiger partial charge in [0.1, 0.15) is 0 Å². The zero-order valence-corrected chi connectivity index (χ0v) is 8.52. The van der Waals surface area contributed by atoms with Crippen LogP contribution in [-0.4, -0.2) is 48.2 Å². The van der Waals surface area contributed by atoms with E-state index in [4.69, 9.17) is 16.6 Å². The number of nitrogens with two attached hydrogens (primary N) is 2. The number of carboxylic acids is 1. The Balaban J connectivity index is 2.39. The summed E-state index contributed by atoms with van der Waals surface area (Å²) < 4.78 is 0. The highest BCUT2D eigenvalue weighted by molar-refractivity contribution is 5.67. The molecule has 1 rings (SSSR count). The fourth-order valence-corrected chi connectivity index (χ4v) is 1.97. The van der Waals surface area contributed by atoms with Crippen LogP contribution in [0.15, 0.2) is 0 Å². The normalized spacial score (nSPS) is 27.5. The second-order valence-electron chi connectivity index (χ2n) is 4.15. The van der Waals surface area contributed by atoms with Crippen molar-refractivity contribution in [3.05, 3.63) is 0 Å². The summed E-state index contributed by atoms with van der Waals surface area (Å²) in [6.07, 6.45) is 0.979. The molecule has 0 aromatic carbocycles. The average molecular weight is 201 g/mol. The van der Waals surface area contributed by atoms with Crippen LogP contribution in [0.1, 0.15) is 12.8 Å². The van der Waals surface area contributed by atoms with E-state index < -0.39 is 12.0 Å². The first-order valence-electron chi connectivity index (χ1n) is 4.92. The van der Waals surface area contributed by atoms with E-state index in [1.165, 1.54) is 0 Å². The number of carboxylic acid groups (broad SMARTS) is 1. The van der Waals surface area contributed by atoms with Gasteiger partial charge in [-0.1, -0.05) is 0 Å². The monoisotopic (exact) mass is 201 g/mol. The molecular formula is C9H19N3O2. The third-order valence-corrected chi connectivity index (χ3v) is 2.88. The summed E-state index contributed by atoms with van der Waals surface area (Å²) in [5.41, 5.74) is 11.6. The van der Waals surface area contributed by atoms with Crippen molar-refractivity contribution in [2.75, 3.05) is 20.1 Å². The SMILES string of the molecule is CN1CCC(C(N)C(N)CC(=O)O)C1. The van der Waals surface area contributed by atoms with Crippen molar-refractivity contribution in [3.63, 3.8) is 0 Å². The number of rotatable bonds is 4. The van der Waals surface area contributed by atoms with Gasteiger partial charge in [0.15, 0.2) is 0 Å². The largest absolute Gasteiger partial charge is 0.481 e. The van der Waals surface area contributed by atoms with E-state index in [1.807, 2.05) is 7.05 Å². The van der Waals surface area contributed by atoms with Crippen LogP contribution in [0.4, 0.5) is 0 Å². The number of hydrogen-bond acceptors (Lipinski definition) is 4. The summed E-state index contributed by atoms with van der Waals surface area (Å²) in [5.74, 6) is -0.534. The lowest BCUT2D eigenvalue weighted by Gasteiger charge is -2.24. The van der Waals surface area contributed by atoms with Crippen molar-refractivity contribution in [1.29, 1.82) is 0 Å². The fraction of sp³-hybridized carbons (Fsp3) is 0.889. The Morgan fingerprint density at radius 3 is 2.71 bits per heavy atom. The fourth-order valence-electron chi connectivity index (χ4n) is 1.97. The van der Waals surface area contributed by atoms with Crippen LogP contribution in [-0.2, 0) is 4.79 Å². The maximum absolute atomic E-state index is 10.4. The minimum atomic E-state index is -0.876. The van der Waals surface area contributed by atoms with E-state index in [2.05, 4.69) is 4.90 Å². The molecule has 0 spiro atoms. The molecular weight excluding hydrogens is 182 g/mol. The van der Waals surface area contributed by atoms with Crippen LogP contribution in [0.25, 0.3) is 0 Å². The van der Waals surface area contributed by atoms with E-state index in [-0.39, 0.29) is 12.5 Å². The molecule has 14 heavy (non-hydrogen) atoms. The Morgan fingerprint density at radius 1 is 1.64 bits per heavy atom. The molecule has 0 amide bonds. The maximum Gasteiger partial charge on any atom is 0.304 e. The minimum Gasteiger partial charge on any atom is -0.481 e. The molecule has 1 aliphatic heterocycles. The van der Waals surface area contributed by atoms with Crippen LogP contribution < -0.4 is 11.5 Å². The van der Waals surface area contributed by atoms with Gasteiger partial charge in [0.05, 0.1) is 6.42 Å².